The third-order valence-electron chi connectivity index (χ3n) is 6.08. The number of carbonyl (C=O) groups is 3. The highest BCUT2D eigenvalue weighted by molar-refractivity contribution is 6.04. The summed E-state index contributed by atoms with van der Waals surface area (Å²) in [5, 5.41) is 2.90. The maximum atomic E-state index is 12.8. The maximum Gasteiger partial charge on any atom is 0.414 e. The van der Waals surface area contributed by atoms with E-state index in [1.165, 1.54) is 16.0 Å². The van der Waals surface area contributed by atoms with Crippen molar-refractivity contribution < 1.29 is 19.1 Å². The molecule has 7 nitrogen and oxygen atoms in total. The molecule has 1 N–H and O–H groups in total. The lowest BCUT2D eigenvalue weighted by Gasteiger charge is -2.18. The highest BCUT2D eigenvalue weighted by Crippen LogP contribution is 2.31. The first kappa shape index (κ1) is 18.7. The lowest BCUT2D eigenvalue weighted by atomic mass is 10.1. The Morgan fingerprint density at radius 1 is 1.00 bits per heavy atom. The van der Waals surface area contributed by atoms with Crippen molar-refractivity contribution in [3.63, 3.8) is 0 Å². The number of nitrogens with zero attached hydrogens (tertiary/aromatic N) is 2. The van der Waals surface area contributed by atoms with Crippen LogP contribution in [0, 0.1) is 5.92 Å². The normalized spacial score (nSPS) is 20.5. The summed E-state index contributed by atoms with van der Waals surface area (Å²) in [6, 6.07) is 13.3. The first-order valence-corrected chi connectivity index (χ1v) is 10.4. The van der Waals surface area contributed by atoms with Crippen LogP contribution in [-0.2, 0) is 27.2 Å². The van der Waals surface area contributed by atoms with Crippen molar-refractivity contribution in [2.45, 2.75) is 25.7 Å². The molecule has 154 valence electrons. The van der Waals surface area contributed by atoms with Crippen LogP contribution < -0.4 is 15.1 Å². The van der Waals surface area contributed by atoms with E-state index in [1.807, 2.05) is 6.07 Å². The molecule has 2 aliphatic heterocycles. The van der Waals surface area contributed by atoms with Crippen LogP contribution in [0.4, 0.5) is 21.9 Å². The molecule has 2 aromatic carbocycles. The molecule has 2 fully saturated rings. The fourth-order valence-corrected chi connectivity index (χ4v) is 4.48. The zero-order chi connectivity index (χ0) is 20.7. The van der Waals surface area contributed by atoms with Crippen LogP contribution in [0.15, 0.2) is 42.5 Å². The Bertz CT molecular complexity index is 1030. The van der Waals surface area contributed by atoms with Gasteiger partial charge in [-0.1, -0.05) is 12.1 Å². The second kappa shape index (κ2) is 7.48. The second-order valence-corrected chi connectivity index (χ2v) is 8.02. The van der Waals surface area contributed by atoms with E-state index in [-0.39, 0.29) is 24.3 Å². The molecule has 3 amide bonds. The number of ether oxygens (including phenoxy) is 1. The third-order valence-corrected chi connectivity index (χ3v) is 6.08. The minimum Gasteiger partial charge on any atom is -0.447 e. The molecule has 0 bridgehead atoms. The van der Waals surface area contributed by atoms with Gasteiger partial charge in [0.15, 0.2) is 0 Å². The lowest BCUT2D eigenvalue weighted by molar-refractivity contribution is -0.122. The van der Waals surface area contributed by atoms with Gasteiger partial charge in [-0.25, -0.2) is 4.79 Å². The number of cyclic esters (lactones) is 1. The zero-order valence-corrected chi connectivity index (χ0v) is 16.6. The summed E-state index contributed by atoms with van der Waals surface area (Å²) in [6.07, 6.45) is 3.12. The van der Waals surface area contributed by atoms with E-state index in [4.69, 9.17) is 4.74 Å². The number of anilines is 3. The second-order valence-electron chi connectivity index (χ2n) is 8.02. The predicted molar refractivity (Wildman–Crippen MR) is 113 cm³/mol. The van der Waals surface area contributed by atoms with Gasteiger partial charge in [-0.3, -0.25) is 14.5 Å². The van der Waals surface area contributed by atoms with E-state index in [2.05, 4.69) is 17.4 Å². The number of benzene rings is 2. The van der Waals surface area contributed by atoms with Gasteiger partial charge in [-0.05, 0) is 60.7 Å². The van der Waals surface area contributed by atoms with Crippen molar-refractivity contribution in [1.82, 2.24) is 0 Å². The summed E-state index contributed by atoms with van der Waals surface area (Å²) in [4.78, 5) is 40.4. The first-order chi connectivity index (χ1) is 14.6. The lowest BCUT2D eigenvalue weighted by Crippen LogP contribution is -2.28. The van der Waals surface area contributed by atoms with Gasteiger partial charge < -0.3 is 15.0 Å². The maximum absolute atomic E-state index is 12.8. The van der Waals surface area contributed by atoms with E-state index in [0.29, 0.717) is 31.1 Å². The molecule has 1 aliphatic carbocycles. The summed E-state index contributed by atoms with van der Waals surface area (Å²) in [7, 11) is 0. The van der Waals surface area contributed by atoms with Crippen LogP contribution >= 0.6 is 0 Å². The van der Waals surface area contributed by atoms with Crippen molar-refractivity contribution in [3.8, 4) is 0 Å². The Morgan fingerprint density at radius 2 is 1.83 bits per heavy atom. The van der Waals surface area contributed by atoms with E-state index in [0.717, 1.165) is 24.9 Å². The van der Waals surface area contributed by atoms with Gasteiger partial charge >= 0.3 is 6.09 Å². The number of hydrogen-bond donors (Lipinski definition) is 1. The van der Waals surface area contributed by atoms with Crippen LogP contribution in [-0.4, -0.2) is 37.6 Å². The Morgan fingerprint density at radius 3 is 2.67 bits per heavy atom. The Balaban J connectivity index is 1.27. The minimum atomic E-state index is -0.411. The molecule has 3 aliphatic rings. The molecule has 5 rings (SSSR count). The number of rotatable bonds is 4. The summed E-state index contributed by atoms with van der Waals surface area (Å²) in [5.41, 5.74) is 4.83. The molecule has 0 aromatic heterocycles. The predicted octanol–water partition coefficient (Wildman–Crippen LogP) is 3.12. The van der Waals surface area contributed by atoms with E-state index in [9.17, 15) is 14.4 Å². The molecule has 2 aromatic rings. The van der Waals surface area contributed by atoms with Crippen molar-refractivity contribution in [3.05, 3.63) is 53.6 Å². The van der Waals surface area contributed by atoms with E-state index in [1.54, 1.807) is 29.2 Å². The number of hydrogen-bond acceptors (Lipinski definition) is 4. The van der Waals surface area contributed by atoms with Crippen LogP contribution in [0.25, 0.3) is 0 Å². The molecular weight excluding hydrogens is 382 g/mol. The number of fused-ring (bicyclic) bond motifs is 1. The minimum absolute atomic E-state index is 0.0262. The van der Waals surface area contributed by atoms with Crippen molar-refractivity contribution >= 4 is 35.0 Å². The molecule has 1 atom stereocenters. The Hall–Kier alpha value is -3.35. The SMILES string of the molecule is O=C(Nc1cccc(N2CCOC2=O)c1)C1CC(=O)N(c2ccc3c(c2)CCC3)C1. The van der Waals surface area contributed by atoms with Crippen molar-refractivity contribution in [1.29, 1.82) is 0 Å². The summed E-state index contributed by atoms with van der Waals surface area (Å²) in [5.74, 6) is -0.624. The molecule has 0 spiro atoms. The van der Waals surface area contributed by atoms with Gasteiger partial charge in [0.25, 0.3) is 0 Å². The Kier molecular flexibility index (Phi) is 4.65. The molecule has 1 unspecified atom stereocenters. The smallest absolute Gasteiger partial charge is 0.414 e. The van der Waals surface area contributed by atoms with Crippen molar-refractivity contribution in [2.24, 2.45) is 5.92 Å². The largest absolute Gasteiger partial charge is 0.447 e. The molecule has 2 saturated heterocycles. The monoisotopic (exact) mass is 405 g/mol. The fraction of sp³-hybridized carbons (Fsp3) is 0.348. The number of amides is 3. The van der Waals surface area contributed by atoms with Gasteiger partial charge in [0, 0.05) is 30.0 Å². The average Bonchev–Trinajstić information content (AvgIpc) is 3.47. The van der Waals surface area contributed by atoms with E-state index < -0.39 is 5.92 Å². The number of nitrogens with one attached hydrogen (secondary N) is 1. The fourth-order valence-electron chi connectivity index (χ4n) is 4.48. The molecule has 0 radical (unpaired) electrons. The molecule has 0 saturated carbocycles. The topological polar surface area (TPSA) is 79.0 Å². The molecular formula is C23H23N3O4. The van der Waals surface area contributed by atoms with Gasteiger partial charge in [-0.2, -0.15) is 0 Å². The highest BCUT2D eigenvalue weighted by atomic mass is 16.6. The van der Waals surface area contributed by atoms with Crippen LogP contribution in [0.5, 0.6) is 0 Å². The molecule has 7 heteroatoms. The Labute approximate surface area is 174 Å². The summed E-state index contributed by atoms with van der Waals surface area (Å²) in [6.45, 7) is 1.23. The van der Waals surface area contributed by atoms with Gasteiger partial charge in [0.2, 0.25) is 11.8 Å². The number of carbonyl (C=O) groups excluding carboxylic acids is 3. The van der Waals surface area contributed by atoms with Crippen LogP contribution in [0.1, 0.15) is 24.0 Å². The average molecular weight is 405 g/mol. The van der Waals surface area contributed by atoms with E-state index >= 15 is 0 Å². The van der Waals surface area contributed by atoms with Gasteiger partial charge in [-0.15, -0.1) is 0 Å². The standard InChI is InChI=1S/C23H23N3O4/c27-21-12-17(14-26(21)20-8-7-15-3-1-4-16(15)11-20)22(28)24-18-5-2-6-19(13-18)25-9-10-30-23(25)29/h2,5-8,11,13,17H,1,3-4,9-10,12,14H2,(H,24,28). The summed E-state index contributed by atoms with van der Waals surface area (Å²) < 4.78 is 4.97. The molecule has 2 heterocycles. The molecule has 30 heavy (non-hydrogen) atoms. The highest BCUT2D eigenvalue weighted by Gasteiger charge is 2.35. The number of aryl methyl sites for hydroxylation is 2. The third kappa shape index (κ3) is 3.40. The first-order valence-electron chi connectivity index (χ1n) is 10.4. The van der Waals surface area contributed by atoms with Crippen LogP contribution in [0.3, 0.4) is 0 Å². The van der Waals surface area contributed by atoms with Gasteiger partial charge in [0.1, 0.15) is 6.61 Å². The zero-order valence-electron chi connectivity index (χ0n) is 16.6. The van der Waals surface area contributed by atoms with Crippen molar-refractivity contribution in [2.75, 3.05) is 34.8 Å². The van der Waals surface area contributed by atoms with Crippen LogP contribution in [0.2, 0.25) is 0 Å². The summed E-state index contributed by atoms with van der Waals surface area (Å²) >= 11 is 0. The quantitative estimate of drug-likeness (QED) is 0.848. The van der Waals surface area contributed by atoms with Gasteiger partial charge in [0.05, 0.1) is 12.5 Å².